The van der Waals surface area contributed by atoms with Gasteiger partial charge in [-0.05, 0) is 43.3 Å². The number of anilines is 1. The van der Waals surface area contributed by atoms with Crippen LogP contribution < -0.4 is 20.3 Å². The minimum Gasteiger partial charge on any atom is -0.457 e. The third-order valence-corrected chi connectivity index (χ3v) is 6.48. The van der Waals surface area contributed by atoms with E-state index in [2.05, 4.69) is 10.0 Å². The highest BCUT2D eigenvalue weighted by Crippen LogP contribution is 2.23. The summed E-state index contributed by atoms with van der Waals surface area (Å²) in [6.07, 6.45) is 0. The topological polar surface area (TPSA) is 140 Å². The number of ether oxygens (including phenoxy) is 1. The lowest BCUT2D eigenvalue weighted by Crippen LogP contribution is -2.56. The van der Waals surface area contributed by atoms with Gasteiger partial charge in [-0.25, -0.2) is 10.3 Å². The Bertz CT molecular complexity index is 1020. The van der Waals surface area contributed by atoms with Gasteiger partial charge in [-0.1, -0.05) is 18.2 Å². The summed E-state index contributed by atoms with van der Waals surface area (Å²) >= 11 is 0. The van der Waals surface area contributed by atoms with Crippen molar-refractivity contribution in [1.29, 1.82) is 0 Å². The fourth-order valence-electron chi connectivity index (χ4n) is 3.01. The van der Waals surface area contributed by atoms with Crippen LogP contribution in [0.4, 0.5) is 10.5 Å². The Balaban J connectivity index is 1.49. The van der Waals surface area contributed by atoms with Crippen LogP contribution in [0.25, 0.3) is 0 Å². The first-order chi connectivity index (χ1) is 15.3. The van der Waals surface area contributed by atoms with Crippen LogP contribution in [0.2, 0.25) is 0 Å². The van der Waals surface area contributed by atoms with Crippen LogP contribution in [0.15, 0.2) is 54.6 Å². The average Bonchev–Trinajstić information content (AvgIpc) is 2.80. The SMILES string of the molecule is C[C@@H](NS(=O)(=O)N1CCN(C(=O)Nc2ccc(Oc3ccccc3)cc2)CC1)C(=O)NO. The van der Waals surface area contributed by atoms with Crippen molar-refractivity contribution in [3.8, 4) is 11.5 Å². The second kappa shape index (κ2) is 10.4. The highest BCUT2D eigenvalue weighted by Gasteiger charge is 2.31. The van der Waals surface area contributed by atoms with Crippen LogP contribution in [0, 0.1) is 0 Å². The van der Waals surface area contributed by atoms with Gasteiger partial charge in [0.25, 0.3) is 16.1 Å². The zero-order valence-electron chi connectivity index (χ0n) is 17.4. The smallest absolute Gasteiger partial charge is 0.321 e. The van der Waals surface area contributed by atoms with Gasteiger partial charge >= 0.3 is 6.03 Å². The molecule has 172 valence electrons. The van der Waals surface area contributed by atoms with E-state index in [9.17, 15) is 18.0 Å². The number of urea groups is 1. The Labute approximate surface area is 186 Å². The second-order valence-electron chi connectivity index (χ2n) is 7.08. The number of nitrogens with one attached hydrogen (secondary N) is 3. The van der Waals surface area contributed by atoms with E-state index in [4.69, 9.17) is 9.94 Å². The summed E-state index contributed by atoms with van der Waals surface area (Å²) in [6, 6.07) is 14.7. The third kappa shape index (κ3) is 6.17. The van der Waals surface area contributed by atoms with Gasteiger partial charge in [0, 0.05) is 31.9 Å². The molecule has 12 heteroatoms. The van der Waals surface area contributed by atoms with E-state index < -0.39 is 22.2 Å². The Morgan fingerprint density at radius 2 is 1.56 bits per heavy atom. The minimum absolute atomic E-state index is 0.0695. The van der Waals surface area contributed by atoms with Crippen LogP contribution in [-0.2, 0) is 15.0 Å². The maximum atomic E-state index is 12.5. The summed E-state index contributed by atoms with van der Waals surface area (Å²) in [7, 11) is -3.94. The zero-order valence-corrected chi connectivity index (χ0v) is 18.2. The van der Waals surface area contributed by atoms with E-state index in [1.54, 1.807) is 24.3 Å². The standard InChI is InChI=1S/C20H25N5O6S/c1-15(19(26)22-28)23-32(29,30)25-13-11-24(12-14-25)20(27)21-16-7-9-18(10-8-16)31-17-5-3-2-4-6-17/h2-10,15,23,28H,11-14H2,1H3,(H,21,27)(H,22,26)/t15-/m1/s1. The number of amides is 3. The zero-order chi connectivity index (χ0) is 23.1. The number of hydrogen-bond donors (Lipinski definition) is 4. The number of rotatable bonds is 7. The molecule has 32 heavy (non-hydrogen) atoms. The van der Waals surface area contributed by atoms with Crippen molar-refractivity contribution >= 4 is 27.8 Å². The van der Waals surface area contributed by atoms with Gasteiger partial charge < -0.3 is 15.0 Å². The molecule has 11 nitrogen and oxygen atoms in total. The molecule has 0 radical (unpaired) electrons. The van der Waals surface area contributed by atoms with Gasteiger partial charge in [0.15, 0.2) is 0 Å². The lowest BCUT2D eigenvalue weighted by molar-refractivity contribution is -0.130. The van der Waals surface area contributed by atoms with Crippen LogP contribution in [-0.4, -0.2) is 67.0 Å². The van der Waals surface area contributed by atoms with E-state index in [0.717, 1.165) is 4.31 Å². The summed E-state index contributed by atoms with van der Waals surface area (Å²) in [4.78, 5) is 25.4. The maximum Gasteiger partial charge on any atom is 0.321 e. The van der Waals surface area contributed by atoms with E-state index in [1.165, 1.54) is 17.3 Å². The Kier molecular flexibility index (Phi) is 7.64. The highest BCUT2D eigenvalue weighted by atomic mass is 32.2. The largest absolute Gasteiger partial charge is 0.457 e. The first-order valence-corrected chi connectivity index (χ1v) is 11.3. The van der Waals surface area contributed by atoms with Crippen molar-refractivity contribution in [2.75, 3.05) is 31.5 Å². The summed E-state index contributed by atoms with van der Waals surface area (Å²) in [5.74, 6) is 0.467. The number of carbonyl (C=O) groups is 2. The molecule has 3 amide bonds. The number of benzene rings is 2. The molecule has 1 aliphatic rings. The van der Waals surface area contributed by atoms with Crippen LogP contribution in [0.1, 0.15) is 6.92 Å². The number of nitrogens with zero attached hydrogens (tertiary/aromatic N) is 2. The number of para-hydroxylation sites is 1. The molecule has 2 aromatic carbocycles. The van der Waals surface area contributed by atoms with Crippen molar-refractivity contribution in [1.82, 2.24) is 19.4 Å². The summed E-state index contributed by atoms with van der Waals surface area (Å²) in [6.45, 7) is 1.81. The molecule has 0 aromatic heterocycles. The molecule has 0 saturated carbocycles. The van der Waals surface area contributed by atoms with Crippen LogP contribution in [0.5, 0.6) is 11.5 Å². The summed E-state index contributed by atoms with van der Waals surface area (Å²) in [5, 5.41) is 11.4. The van der Waals surface area contributed by atoms with Gasteiger partial charge in [0.2, 0.25) is 0 Å². The fraction of sp³-hybridized carbons (Fsp3) is 0.300. The second-order valence-corrected chi connectivity index (χ2v) is 8.78. The molecule has 1 heterocycles. The fourth-order valence-corrected chi connectivity index (χ4v) is 4.36. The monoisotopic (exact) mass is 463 g/mol. The van der Waals surface area contributed by atoms with Gasteiger partial charge in [0.1, 0.15) is 17.5 Å². The Hall–Kier alpha value is -3.19. The summed E-state index contributed by atoms with van der Waals surface area (Å²) in [5.41, 5.74) is 1.98. The predicted octanol–water partition coefficient (Wildman–Crippen LogP) is 1.36. The van der Waals surface area contributed by atoms with E-state index in [0.29, 0.717) is 17.2 Å². The lowest BCUT2D eigenvalue weighted by atomic mass is 10.3. The van der Waals surface area contributed by atoms with Crippen LogP contribution in [0.3, 0.4) is 0 Å². The van der Waals surface area contributed by atoms with Crippen molar-refractivity contribution in [2.24, 2.45) is 0 Å². The molecule has 1 saturated heterocycles. The van der Waals surface area contributed by atoms with Gasteiger partial charge in [-0.2, -0.15) is 17.4 Å². The molecule has 1 fully saturated rings. The van der Waals surface area contributed by atoms with E-state index >= 15 is 0 Å². The van der Waals surface area contributed by atoms with Crippen molar-refractivity contribution in [3.05, 3.63) is 54.6 Å². The molecular formula is C20H25N5O6S. The number of carbonyl (C=O) groups excluding carboxylic acids is 2. The number of hydroxylamine groups is 1. The molecular weight excluding hydrogens is 438 g/mol. The first-order valence-electron chi connectivity index (χ1n) is 9.89. The molecule has 2 aromatic rings. The molecule has 0 unspecified atom stereocenters. The highest BCUT2D eigenvalue weighted by molar-refractivity contribution is 7.87. The van der Waals surface area contributed by atoms with Crippen molar-refractivity contribution in [2.45, 2.75) is 13.0 Å². The first kappa shape index (κ1) is 23.5. The van der Waals surface area contributed by atoms with Gasteiger partial charge in [-0.3, -0.25) is 10.0 Å². The minimum atomic E-state index is -3.94. The van der Waals surface area contributed by atoms with E-state index in [1.807, 2.05) is 30.3 Å². The molecule has 4 N–H and O–H groups in total. The van der Waals surface area contributed by atoms with Gasteiger partial charge in [-0.15, -0.1) is 0 Å². The van der Waals surface area contributed by atoms with Crippen molar-refractivity contribution in [3.63, 3.8) is 0 Å². The quantitative estimate of drug-likeness (QED) is 0.361. The predicted molar refractivity (Wildman–Crippen MR) is 117 cm³/mol. The van der Waals surface area contributed by atoms with E-state index in [-0.39, 0.29) is 32.2 Å². The number of piperazine rings is 1. The van der Waals surface area contributed by atoms with Crippen molar-refractivity contribution < 1.29 is 28.0 Å². The Morgan fingerprint density at radius 3 is 2.16 bits per heavy atom. The lowest BCUT2D eigenvalue weighted by Gasteiger charge is -2.34. The third-order valence-electron chi connectivity index (χ3n) is 4.78. The molecule has 1 atom stereocenters. The molecule has 1 aliphatic heterocycles. The molecule has 0 aliphatic carbocycles. The summed E-state index contributed by atoms with van der Waals surface area (Å²) < 4.78 is 33.8. The number of hydrogen-bond acceptors (Lipinski definition) is 6. The average molecular weight is 464 g/mol. The Morgan fingerprint density at radius 1 is 0.969 bits per heavy atom. The molecule has 0 bridgehead atoms. The van der Waals surface area contributed by atoms with Gasteiger partial charge in [0.05, 0.1) is 0 Å². The normalized spacial score (nSPS) is 15.6. The molecule has 3 rings (SSSR count). The van der Waals surface area contributed by atoms with Crippen LogP contribution >= 0.6 is 0 Å². The maximum absolute atomic E-state index is 12.5. The molecule has 0 spiro atoms.